The van der Waals surface area contributed by atoms with Crippen LogP contribution in [0.4, 0.5) is 0 Å². The van der Waals surface area contributed by atoms with Gasteiger partial charge in [-0.05, 0) is 0 Å². The Hall–Kier alpha value is -2.78. The molecule has 0 amide bonds. The summed E-state index contributed by atoms with van der Waals surface area (Å²) in [6.45, 7) is -2.46. The maximum Gasteiger partial charge on any atom is 0.323 e. The smallest absolute Gasteiger partial charge is 0.323 e. The Morgan fingerprint density at radius 2 is 0.800 bits per heavy atom. The van der Waals surface area contributed by atoms with E-state index in [-0.39, 0.29) is 0 Å². The summed E-state index contributed by atoms with van der Waals surface area (Å²) >= 11 is 0. The number of carbonyl (C=O) groups is 4. The molecule has 0 unspecified atom stereocenters. The lowest BCUT2D eigenvalue weighted by molar-refractivity contribution is -0.143. The summed E-state index contributed by atoms with van der Waals surface area (Å²) < 4.78 is 0. The van der Waals surface area contributed by atoms with Crippen molar-refractivity contribution in [1.82, 2.24) is 9.80 Å². The largest absolute Gasteiger partial charge is 0.480 e. The van der Waals surface area contributed by atoms with E-state index in [4.69, 9.17) is 20.4 Å². The van der Waals surface area contributed by atoms with Crippen molar-refractivity contribution in [3.8, 4) is 0 Å². The zero-order valence-electron chi connectivity index (χ0n) is 10.3. The Bertz CT molecular complexity index is 349. The Morgan fingerprint density at radius 3 is 0.950 bits per heavy atom. The van der Waals surface area contributed by atoms with Crippen LogP contribution in [0, 0.1) is 0 Å². The maximum absolute atomic E-state index is 10.5. The van der Waals surface area contributed by atoms with E-state index in [0.29, 0.717) is 0 Å². The zero-order valence-corrected chi connectivity index (χ0v) is 10.3. The number of carboxylic acid groups (broad SMARTS) is 4. The fraction of sp³-hybridized carbons (Fsp3) is 0.400. The van der Waals surface area contributed by atoms with Crippen LogP contribution in [0.5, 0.6) is 0 Å². The highest BCUT2D eigenvalue weighted by molar-refractivity contribution is 5.73. The van der Waals surface area contributed by atoms with E-state index in [0.717, 1.165) is 22.2 Å². The summed E-state index contributed by atoms with van der Waals surface area (Å²) in [5, 5.41) is 34.3. The molecule has 0 heterocycles. The van der Waals surface area contributed by atoms with Gasteiger partial charge in [0.05, 0.1) is 0 Å². The molecule has 0 saturated heterocycles. The summed E-state index contributed by atoms with van der Waals surface area (Å²) in [7, 11) is 0. The monoisotopic (exact) mass is 290 g/mol. The molecule has 0 atom stereocenters. The first-order chi connectivity index (χ1) is 9.20. The normalized spacial score (nSPS) is 10.2. The number of aliphatic carboxylic acids is 4. The molecule has 0 bridgehead atoms. The van der Waals surface area contributed by atoms with Crippen molar-refractivity contribution in [2.24, 2.45) is 0 Å². The highest BCUT2D eigenvalue weighted by atomic mass is 16.4. The molecule has 112 valence electrons. The molecule has 20 heavy (non-hydrogen) atoms. The van der Waals surface area contributed by atoms with Crippen LogP contribution in [0.1, 0.15) is 0 Å². The average Bonchev–Trinajstić information content (AvgIpc) is 2.22. The Balaban J connectivity index is 4.80. The van der Waals surface area contributed by atoms with Gasteiger partial charge in [-0.2, -0.15) is 0 Å². The summed E-state index contributed by atoms with van der Waals surface area (Å²) in [6.07, 6.45) is 2.04. The van der Waals surface area contributed by atoms with Gasteiger partial charge in [0.1, 0.15) is 26.2 Å². The van der Waals surface area contributed by atoms with Gasteiger partial charge >= 0.3 is 23.9 Å². The molecule has 0 aromatic rings. The van der Waals surface area contributed by atoms with Crippen molar-refractivity contribution in [3.63, 3.8) is 0 Å². The minimum absolute atomic E-state index is 0.614. The van der Waals surface area contributed by atoms with Crippen LogP contribution in [0.25, 0.3) is 0 Å². The summed E-state index contributed by atoms with van der Waals surface area (Å²) in [4.78, 5) is 43.9. The van der Waals surface area contributed by atoms with Crippen molar-refractivity contribution >= 4 is 23.9 Å². The van der Waals surface area contributed by atoms with Crippen molar-refractivity contribution in [2.45, 2.75) is 0 Å². The number of hydrogen-bond donors (Lipinski definition) is 4. The van der Waals surface area contributed by atoms with Gasteiger partial charge in [0.2, 0.25) is 0 Å². The molecule has 0 spiro atoms. The first-order valence-electron chi connectivity index (χ1n) is 5.24. The third-order valence-electron chi connectivity index (χ3n) is 1.84. The van der Waals surface area contributed by atoms with Crippen molar-refractivity contribution < 1.29 is 39.6 Å². The van der Waals surface area contributed by atoms with Gasteiger partial charge in [0, 0.05) is 12.4 Å². The third-order valence-corrected chi connectivity index (χ3v) is 1.84. The molecule has 0 fully saturated rings. The Labute approximate surface area is 113 Å². The molecule has 0 aliphatic rings. The quantitative estimate of drug-likeness (QED) is 0.369. The number of hydrogen-bond acceptors (Lipinski definition) is 6. The third kappa shape index (κ3) is 9.27. The molecule has 0 aromatic carbocycles. The van der Waals surface area contributed by atoms with Crippen LogP contribution >= 0.6 is 0 Å². The molecule has 4 N–H and O–H groups in total. The van der Waals surface area contributed by atoms with E-state index in [2.05, 4.69) is 0 Å². The van der Waals surface area contributed by atoms with Gasteiger partial charge in [-0.3, -0.25) is 19.2 Å². The minimum Gasteiger partial charge on any atom is -0.480 e. The maximum atomic E-state index is 10.5. The number of nitrogens with zero attached hydrogens (tertiary/aromatic N) is 2. The summed E-state index contributed by atoms with van der Waals surface area (Å²) in [5.41, 5.74) is 0. The molecule has 10 nitrogen and oxygen atoms in total. The second kappa shape index (κ2) is 8.34. The van der Waals surface area contributed by atoms with Gasteiger partial charge in [0.15, 0.2) is 0 Å². The van der Waals surface area contributed by atoms with Gasteiger partial charge in [-0.25, -0.2) is 0 Å². The van der Waals surface area contributed by atoms with Crippen LogP contribution < -0.4 is 0 Å². The van der Waals surface area contributed by atoms with Gasteiger partial charge in [0.25, 0.3) is 0 Å². The number of carboxylic acids is 4. The molecular weight excluding hydrogens is 276 g/mol. The van der Waals surface area contributed by atoms with Crippen molar-refractivity contribution in [3.05, 3.63) is 12.4 Å². The molecule has 10 heteroatoms. The topological polar surface area (TPSA) is 156 Å². The number of rotatable bonds is 10. The lowest BCUT2D eigenvalue weighted by Crippen LogP contribution is -2.33. The molecule has 0 saturated carbocycles. The summed E-state index contributed by atoms with van der Waals surface area (Å²) in [6, 6.07) is 0. The van der Waals surface area contributed by atoms with E-state index in [1.807, 2.05) is 0 Å². The van der Waals surface area contributed by atoms with E-state index in [9.17, 15) is 19.2 Å². The van der Waals surface area contributed by atoms with E-state index < -0.39 is 50.1 Å². The Kier molecular flexibility index (Phi) is 7.18. The second-order valence-corrected chi connectivity index (χ2v) is 3.68. The van der Waals surface area contributed by atoms with Crippen LogP contribution in [-0.2, 0) is 19.2 Å². The first kappa shape index (κ1) is 17.2. The fourth-order valence-corrected chi connectivity index (χ4v) is 1.21. The predicted molar refractivity (Wildman–Crippen MR) is 62.8 cm³/mol. The Morgan fingerprint density at radius 1 is 0.600 bits per heavy atom. The van der Waals surface area contributed by atoms with Crippen molar-refractivity contribution in [1.29, 1.82) is 0 Å². The molecule has 0 aliphatic heterocycles. The standard InChI is InChI=1S/C10H14N2O8/c13-7(14)3-11(4-8(15)16)1-2-12(5-9(17)18)6-10(19)20/h1-2H,3-6H2,(H,13,14)(H,15,16)(H,17,18)(H,19,20)/b2-1-. The van der Waals surface area contributed by atoms with Crippen LogP contribution in [0.2, 0.25) is 0 Å². The van der Waals surface area contributed by atoms with E-state index >= 15 is 0 Å². The van der Waals surface area contributed by atoms with Crippen LogP contribution in [-0.4, -0.2) is 80.3 Å². The first-order valence-corrected chi connectivity index (χ1v) is 5.24. The fourth-order valence-electron chi connectivity index (χ4n) is 1.21. The zero-order chi connectivity index (χ0) is 15.7. The van der Waals surface area contributed by atoms with Crippen molar-refractivity contribution in [2.75, 3.05) is 26.2 Å². The summed E-state index contributed by atoms with van der Waals surface area (Å²) in [5.74, 6) is -5.12. The molecule has 0 radical (unpaired) electrons. The van der Waals surface area contributed by atoms with Gasteiger partial charge in [-0.15, -0.1) is 0 Å². The SMILES string of the molecule is O=C(O)CN(/C=C\N(CC(=O)O)CC(=O)O)CC(=O)O. The molecule has 0 aliphatic carbocycles. The predicted octanol–water partition coefficient (Wildman–Crippen LogP) is -1.60. The van der Waals surface area contributed by atoms with Crippen LogP contribution in [0.15, 0.2) is 12.4 Å². The van der Waals surface area contributed by atoms with E-state index in [1.54, 1.807) is 0 Å². The minimum atomic E-state index is -1.28. The molecule has 0 rings (SSSR count). The van der Waals surface area contributed by atoms with E-state index in [1.165, 1.54) is 0 Å². The van der Waals surface area contributed by atoms with Gasteiger partial charge < -0.3 is 30.2 Å². The lowest BCUT2D eigenvalue weighted by Gasteiger charge is -2.19. The lowest BCUT2D eigenvalue weighted by atomic mass is 10.4. The van der Waals surface area contributed by atoms with Crippen LogP contribution in [0.3, 0.4) is 0 Å². The molecule has 0 aromatic heterocycles. The highest BCUT2D eigenvalue weighted by Crippen LogP contribution is 1.95. The average molecular weight is 290 g/mol. The van der Waals surface area contributed by atoms with Gasteiger partial charge in [-0.1, -0.05) is 0 Å². The second-order valence-electron chi connectivity index (χ2n) is 3.68. The molecular formula is C10H14N2O8. The highest BCUT2D eigenvalue weighted by Gasteiger charge is 2.12.